The first-order valence-corrected chi connectivity index (χ1v) is 6.25. The van der Waals surface area contributed by atoms with Gasteiger partial charge in [-0.3, -0.25) is 4.79 Å². The van der Waals surface area contributed by atoms with Crippen molar-refractivity contribution in [1.29, 1.82) is 0 Å². The third-order valence-electron chi connectivity index (χ3n) is 3.24. The summed E-state index contributed by atoms with van der Waals surface area (Å²) in [5.74, 6) is -0.760. The summed E-state index contributed by atoms with van der Waals surface area (Å²) in [6, 6.07) is 14.6. The number of para-hydroxylation sites is 1. The molecule has 4 nitrogen and oxygen atoms in total. The number of hydrogen-bond acceptors (Lipinski definition) is 2. The van der Waals surface area contributed by atoms with Crippen molar-refractivity contribution >= 4 is 16.9 Å². The van der Waals surface area contributed by atoms with Gasteiger partial charge in [-0.05, 0) is 29.8 Å². The molecule has 1 heterocycles. The Labute approximate surface area is 115 Å². The van der Waals surface area contributed by atoms with E-state index in [0.717, 1.165) is 16.6 Å². The van der Waals surface area contributed by atoms with E-state index in [1.807, 2.05) is 30.3 Å². The third-order valence-corrected chi connectivity index (χ3v) is 3.24. The molecule has 4 heteroatoms. The van der Waals surface area contributed by atoms with Gasteiger partial charge in [0.25, 0.3) is 0 Å². The van der Waals surface area contributed by atoms with Crippen LogP contribution in [0, 0.1) is 0 Å². The lowest BCUT2D eigenvalue weighted by Gasteiger charge is -2.05. The van der Waals surface area contributed by atoms with Gasteiger partial charge in [-0.2, -0.15) is 0 Å². The molecule has 0 bridgehead atoms. The molecule has 0 fully saturated rings. The van der Waals surface area contributed by atoms with Crippen LogP contribution >= 0.6 is 0 Å². The fourth-order valence-electron chi connectivity index (χ4n) is 2.30. The maximum atomic E-state index is 10.8. The van der Waals surface area contributed by atoms with Crippen LogP contribution in [0.1, 0.15) is 5.56 Å². The van der Waals surface area contributed by atoms with Gasteiger partial charge in [0.2, 0.25) is 0 Å². The van der Waals surface area contributed by atoms with Crippen molar-refractivity contribution in [2.24, 2.45) is 0 Å². The minimum absolute atomic E-state index is 0.0620. The summed E-state index contributed by atoms with van der Waals surface area (Å²) < 4.78 is 0. The summed E-state index contributed by atoms with van der Waals surface area (Å²) in [5.41, 5.74) is 3.02. The Bertz CT molecular complexity index is 756. The SMILES string of the molecule is O=C(O)Cc1ccc(O)c(-c2cc3ccccc3[nH]2)c1. The Morgan fingerprint density at radius 3 is 2.65 bits per heavy atom. The fraction of sp³-hybridized carbons (Fsp3) is 0.0625. The predicted molar refractivity (Wildman–Crippen MR) is 76.7 cm³/mol. The highest BCUT2D eigenvalue weighted by atomic mass is 16.4. The maximum absolute atomic E-state index is 10.8. The number of rotatable bonds is 3. The zero-order chi connectivity index (χ0) is 14.1. The molecular formula is C16H13NO3. The van der Waals surface area contributed by atoms with Crippen molar-refractivity contribution in [2.45, 2.75) is 6.42 Å². The number of H-pyrrole nitrogens is 1. The molecule has 0 atom stereocenters. The lowest BCUT2D eigenvalue weighted by molar-refractivity contribution is -0.136. The number of carboxylic acids is 1. The Hall–Kier alpha value is -2.75. The van der Waals surface area contributed by atoms with E-state index in [1.165, 1.54) is 6.07 Å². The number of carbonyl (C=O) groups is 1. The topological polar surface area (TPSA) is 73.3 Å². The highest BCUT2D eigenvalue weighted by Gasteiger charge is 2.10. The van der Waals surface area contributed by atoms with Crippen molar-refractivity contribution in [2.75, 3.05) is 0 Å². The Morgan fingerprint density at radius 2 is 1.90 bits per heavy atom. The number of aromatic amines is 1. The first-order chi connectivity index (χ1) is 9.63. The van der Waals surface area contributed by atoms with Gasteiger partial charge in [0.15, 0.2) is 0 Å². The van der Waals surface area contributed by atoms with Crippen LogP contribution in [0.2, 0.25) is 0 Å². The molecule has 0 aliphatic rings. The number of carboxylic acid groups (broad SMARTS) is 1. The molecule has 3 aromatic rings. The molecule has 0 radical (unpaired) electrons. The predicted octanol–water partition coefficient (Wildman–Crippen LogP) is 3.17. The van der Waals surface area contributed by atoms with Gasteiger partial charge >= 0.3 is 5.97 Å². The van der Waals surface area contributed by atoms with Gasteiger partial charge in [-0.1, -0.05) is 24.3 Å². The highest BCUT2D eigenvalue weighted by molar-refractivity contribution is 5.87. The van der Waals surface area contributed by atoms with Crippen LogP contribution in [-0.4, -0.2) is 21.2 Å². The van der Waals surface area contributed by atoms with E-state index in [0.29, 0.717) is 11.1 Å². The zero-order valence-corrected chi connectivity index (χ0v) is 10.6. The van der Waals surface area contributed by atoms with Crippen molar-refractivity contribution in [3.63, 3.8) is 0 Å². The van der Waals surface area contributed by atoms with E-state index in [9.17, 15) is 9.90 Å². The van der Waals surface area contributed by atoms with Crippen LogP contribution < -0.4 is 0 Å². The van der Waals surface area contributed by atoms with E-state index in [4.69, 9.17) is 5.11 Å². The van der Waals surface area contributed by atoms with Gasteiger partial charge < -0.3 is 15.2 Å². The maximum Gasteiger partial charge on any atom is 0.307 e. The second-order valence-electron chi connectivity index (χ2n) is 4.69. The van der Waals surface area contributed by atoms with Gasteiger partial charge in [-0.15, -0.1) is 0 Å². The standard InChI is InChI=1S/C16H13NO3/c18-15-6-5-10(8-16(19)20)7-12(15)14-9-11-3-1-2-4-13(11)17-14/h1-7,9,17-18H,8H2,(H,19,20). The molecule has 3 N–H and O–H groups in total. The van der Waals surface area contributed by atoms with Gasteiger partial charge in [0, 0.05) is 16.5 Å². The van der Waals surface area contributed by atoms with Crippen LogP contribution in [0.3, 0.4) is 0 Å². The highest BCUT2D eigenvalue weighted by Crippen LogP contribution is 2.31. The van der Waals surface area contributed by atoms with Gasteiger partial charge in [0.05, 0.1) is 12.1 Å². The van der Waals surface area contributed by atoms with Gasteiger partial charge in [-0.25, -0.2) is 0 Å². The number of phenolic OH excluding ortho intramolecular Hbond substituents is 1. The minimum Gasteiger partial charge on any atom is -0.507 e. The average molecular weight is 267 g/mol. The van der Waals surface area contributed by atoms with Crippen LogP contribution in [0.4, 0.5) is 0 Å². The largest absolute Gasteiger partial charge is 0.507 e. The van der Waals surface area contributed by atoms with Gasteiger partial charge in [0.1, 0.15) is 5.75 Å². The number of aromatic hydroxyl groups is 1. The van der Waals surface area contributed by atoms with E-state index in [2.05, 4.69) is 4.98 Å². The van der Waals surface area contributed by atoms with Crippen molar-refractivity contribution in [3.05, 3.63) is 54.1 Å². The zero-order valence-electron chi connectivity index (χ0n) is 10.6. The monoisotopic (exact) mass is 267 g/mol. The first kappa shape index (κ1) is 12.3. The smallest absolute Gasteiger partial charge is 0.307 e. The molecular weight excluding hydrogens is 254 g/mol. The normalized spacial score (nSPS) is 10.8. The van der Waals surface area contributed by atoms with E-state index in [1.54, 1.807) is 12.1 Å². The summed E-state index contributed by atoms with van der Waals surface area (Å²) >= 11 is 0. The molecule has 0 amide bonds. The van der Waals surface area contributed by atoms with Crippen molar-refractivity contribution in [3.8, 4) is 17.0 Å². The molecule has 20 heavy (non-hydrogen) atoms. The lowest BCUT2D eigenvalue weighted by Crippen LogP contribution is -1.99. The number of aromatic nitrogens is 1. The molecule has 2 aromatic carbocycles. The minimum atomic E-state index is -0.890. The molecule has 0 aliphatic heterocycles. The first-order valence-electron chi connectivity index (χ1n) is 6.25. The fourth-order valence-corrected chi connectivity index (χ4v) is 2.30. The molecule has 100 valence electrons. The molecule has 0 saturated heterocycles. The van der Waals surface area contributed by atoms with Crippen LogP contribution in [0.15, 0.2) is 48.5 Å². The second kappa shape index (κ2) is 4.74. The van der Waals surface area contributed by atoms with Crippen molar-refractivity contribution < 1.29 is 15.0 Å². The van der Waals surface area contributed by atoms with E-state index < -0.39 is 5.97 Å². The summed E-state index contributed by atoms with van der Waals surface area (Å²) in [5, 5.41) is 19.9. The lowest BCUT2D eigenvalue weighted by atomic mass is 10.0. The average Bonchev–Trinajstić information content (AvgIpc) is 2.84. The Kier molecular flexibility index (Phi) is 2.91. The number of hydrogen-bond donors (Lipinski definition) is 3. The number of fused-ring (bicyclic) bond motifs is 1. The van der Waals surface area contributed by atoms with Crippen molar-refractivity contribution in [1.82, 2.24) is 4.98 Å². The molecule has 0 saturated carbocycles. The summed E-state index contributed by atoms with van der Waals surface area (Å²) in [4.78, 5) is 14.0. The van der Waals surface area contributed by atoms with Crippen LogP contribution in [0.5, 0.6) is 5.75 Å². The molecule has 0 aliphatic carbocycles. The molecule has 1 aromatic heterocycles. The van der Waals surface area contributed by atoms with E-state index in [-0.39, 0.29) is 12.2 Å². The van der Waals surface area contributed by atoms with Crippen LogP contribution in [-0.2, 0) is 11.2 Å². The quantitative estimate of drug-likeness (QED) is 0.682. The van der Waals surface area contributed by atoms with Crippen LogP contribution in [0.25, 0.3) is 22.2 Å². The number of benzene rings is 2. The molecule has 0 spiro atoms. The van der Waals surface area contributed by atoms with E-state index >= 15 is 0 Å². The molecule has 3 rings (SSSR count). The summed E-state index contributed by atoms with van der Waals surface area (Å²) in [6.45, 7) is 0. The molecule has 0 unspecified atom stereocenters. The Morgan fingerprint density at radius 1 is 1.10 bits per heavy atom. The Balaban J connectivity index is 2.10. The third kappa shape index (κ3) is 2.23. The number of nitrogens with one attached hydrogen (secondary N) is 1. The second-order valence-corrected chi connectivity index (χ2v) is 4.69. The summed E-state index contributed by atoms with van der Waals surface area (Å²) in [7, 11) is 0. The number of aliphatic carboxylic acids is 1. The number of phenols is 1. The summed E-state index contributed by atoms with van der Waals surface area (Å²) in [6.07, 6.45) is -0.0620.